The van der Waals surface area contributed by atoms with Crippen LogP contribution in [-0.4, -0.2) is 27.1 Å². The van der Waals surface area contributed by atoms with Crippen molar-refractivity contribution in [2.24, 2.45) is 0 Å². The van der Waals surface area contributed by atoms with E-state index in [0.29, 0.717) is 6.54 Å². The van der Waals surface area contributed by atoms with Crippen LogP contribution in [0.5, 0.6) is 0 Å². The molecule has 2 rings (SSSR count). The Morgan fingerprint density at radius 3 is 2.35 bits per heavy atom. The van der Waals surface area contributed by atoms with Crippen molar-refractivity contribution >= 4 is 10.1 Å². The highest BCUT2D eigenvalue weighted by molar-refractivity contribution is 7.86. The fourth-order valence-electron chi connectivity index (χ4n) is 2.33. The highest BCUT2D eigenvalue weighted by atomic mass is 32.2. The normalized spacial score (nSPS) is 11.8. The monoisotopic (exact) mass is 333 g/mol. The first kappa shape index (κ1) is 17.7. The quantitative estimate of drug-likeness (QED) is 0.728. The van der Waals surface area contributed by atoms with Crippen LogP contribution in [-0.2, 0) is 20.8 Å². The highest BCUT2D eigenvalue weighted by Crippen LogP contribution is 2.14. The summed E-state index contributed by atoms with van der Waals surface area (Å²) in [5.74, 6) is 0. The summed E-state index contributed by atoms with van der Waals surface area (Å²) in [7, 11) is -2.11. The summed E-state index contributed by atoms with van der Waals surface area (Å²) < 4.78 is 29.5. The predicted octanol–water partition coefficient (Wildman–Crippen LogP) is 3.49. The van der Waals surface area contributed by atoms with E-state index in [1.165, 1.54) is 16.2 Å². The summed E-state index contributed by atoms with van der Waals surface area (Å²) in [6, 6.07) is 15.0. The molecule has 0 unspecified atom stereocenters. The van der Waals surface area contributed by atoms with Gasteiger partial charge in [-0.2, -0.15) is 17.8 Å². The second-order valence-electron chi connectivity index (χ2n) is 5.79. The van der Waals surface area contributed by atoms with E-state index in [9.17, 15) is 8.42 Å². The number of aryl methyl sites for hydroxylation is 3. The first-order valence-corrected chi connectivity index (χ1v) is 9.05. The lowest BCUT2D eigenvalue weighted by Gasteiger charge is -2.16. The zero-order valence-electron chi connectivity index (χ0n) is 13.8. The number of rotatable bonds is 7. The Bertz CT molecular complexity index is 739. The Morgan fingerprint density at radius 2 is 1.70 bits per heavy atom. The van der Waals surface area contributed by atoms with Gasteiger partial charge in [-0.1, -0.05) is 47.5 Å². The number of hydrogen-bond donors (Lipinski definition) is 0. The molecule has 2 aromatic carbocycles. The lowest BCUT2D eigenvalue weighted by molar-refractivity contribution is -0.0245. The van der Waals surface area contributed by atoms with E-state index in [1.54, 1.807) is 31.3 Å². The predicted molar refractivity (Wildman–Crippen MR) is 91.6 cm³/mol. The van der Waals surface area contributed by atoms with E-state index < -0.39 is 10.1 Å². The van der Waals surface area contributed by atoms with Crippen LogP contribution >= 0.6 is 0 Å². The van der Waals surface area contributed by atoms with E-state index in [2.05, 4.69) is 25.1 Å². The van der Waals surface area contributed by atoms with Gasteiger partial charge in [0, 0.05) is 13.6 Å². The van der Waals surface area contributed by atoms with Crippen molar-refractivity contribution in [3.05, 3.63) is 65.2 Å². The van der Waals surface area contributed by atoms with Crippen LogP contribution in [0.2, 0.25) is 0 Å². The average molecular weight is 333 g/mol. The molecule has 0 aromatic heterocycles. The molecule has 0 bridgehead atoms. The molecule has 5 heteroatoms. The van der Waals surface area contributed by atoms with Gasteiger partial charge in [0.1, 0.15) is 0 Å². The first-order valence-electron chi connectivity index (χ1n) is 7.65. The number of benzene rings is 2. The van der Waals surface area contributed by atoms with Crippen LogP contribution < -0.4 is 0 Å². The minimum atomic E-state index is -3.75. The highest BCUT2D eigenvalue weighted by Gasteiger charge is 2.17. The molecule has 124 valence electrons. The second-order valence-corrected chi connectivity index (χ2v) is 7.31. The molecule has 0 atom stereocenters. The van der Waals surface area contributed by atoms with Gasteiger partial charge in [0.15, 0.2) is 0 Å². The molecule has 0 aliphatic rings. The molecule has 0 radical (unpaired) electrons. The van der Waals surface area contributed by atoms with Gasteiger partial charge in [0.05, 0.1) is 4.90 Å². The number of hydroxylamine groups is 2. The van der Waals surface area contributed by atoms with Crippen molar-refractivity contribution in [3.63, 3.8) is 0 Å². The Balaban J connectivity index is 1.86. The lowest BCUT2D eigenvalue weighted by Crippen LogP contribution is -2.24. The molecule has 23 heavy (non-hydrogen) atoms. The molecule has 0 fully saturated rings. The maximum Gasteiger partial charge on any atom is 0.313 e. The molecule has 0 saturated heterocycles. The van der Waals surface area contributed by atoms with Crippen LogP contribution in [0.4, 0.5) is 0 Å². The van der Waals surface area contributed by atoms with E-state index in [0.717, 1.165) is 18.4 Å². The summed E-state index contributed by atoms with van der Waals surface area (Å²) in [5.41, 5.74) is 3.49. The Morgan fingerprint density at radius 1 is 1.00 bits per heavy atom. The van der Waals surface area contributed by atoms with Crippen molar-refractivity contribution in [2.75, 3.05) is 13.6 Å². The maximum atomic E-state index is 12.2. The Kier molecular flexibility index (Phi) is 5.93. The fourth-order valence-corrected chi connectivity index (χ4v) is 3.29. The van der Waals surface area contributed by atoms with Gasteiger partial charge in [0.25, 0.3) is 0 Å². The fraction of sp³-hybridized carbons (Fsp3) is 0.333. The zero-order chi connectivity index (χ0) is 16.9. The van der Waals surface area contributed by atoms with Crippen molar-refractivity contribution in [3.8, 4) is 0 Å². The number of hydrogen-bond acceptors (Lipinski definition) is 4. The zero-order valence-corrected chi connectivity index (χ0v) is 14.6. The van der Waals surface area contributed by atoms with Crippen LogP contribution in [0.25, 0.3) is 0 Å². The van der Waals surface area contributed by atoms with Crippen LogP contribution in [0.1, 0.15) is 23.1 Å². The molecule has 2 aromatic rings. The number of nitrogens with zero attached hydrogens (tertiary/aromatic N) is 1. The summed E-state index contributed by atoms with van der Waals surface area (Å²) in [4.78, 5) is 0.175. The molecule has 0 spiro atoms. The molecule has 0 amide bonds. The van der Waals surface area contributed by atoms with Gasteiger partial charge in [0.2, 0.25) is 0 Å². The molecule has 0 aliphatic carbocycles. The molecular formula is C18H23NO3S. The molecular weight excluding hydrogens is 310 g/mol. The first-order chi connectivity index (χ1) is 10.9. The van der Waals surface area contributed by atoms with E-state index in [4.69, 9.17) is 4.28 Å². The Hall–Kier alpha value is -1.69. The molecule has 4 nitrogen and oxygen atoms in total. The van der Waals surface area contributed by atoms with Crippen molar-refractivity contribution < 1.29 is 12.7 Å². The average Bonchev–Trinajstić information content (AvgIpc) is 2.47. The van der Waals surface area contributed by atoms with Crippen molar-refractivity contribution in [1.29, 1.82) is 0 Å². The molecule has 0 N–H and O–H groups in total. The third kappa shape index (κ3) is 5.46. The van der Waals surface area contributed by atoms with Crippen molar-refractivity contribution in [1.82, 2.24) is 5.06 Å². The van der Waals surface area contributed by atoms with Gasteiger partial charge in [-0.05, 0) is 44.4 Å². The van der Waals surface area contributed by atoms with Crippen LogP contribution in [0.3, 0.4) is 0 Å². The molecule has 0 saturated carbocycles. The third-order valence-corrected chi connectivity index (χ3v) is 4.86. The van der Waals surface area contributed by atoms with Crippen molar-refractivity contribution in [2.45, 2.75) is 31.6 Å². The largest absolute Gasteiger partial charge is 0.313 e. The summed E-state index contributed by atoms with van der Waals surface area (Å²) >= 11 is 0. The molecule has 0 heterocycles. The lowest BCUT2D eigenvalue weighted by atomic mass is 10.1. The van der Waals surface area contributed by atoms with Crippen LogP contribution in [0, 0.1) is 13.8 Å². The second kappa shape index (κ2) is 7.73. The van der Waals surface area contributed by atoms with E-state index in [-0.39, 0.29) is 4.90 Å². The minimum absolute atomic E-state index is 0.175. The van der Waals surface area contributed by atoms with Gasteiger partial charge in [-0.15, -0.1) is 0 Å². The van der Waals surface area contributed by atoms with E-state index >= 15 is 0 Å². The van der Waals surface area contributed by atoms with Gasteiger partial charge in [-0.3, -0.25) is 0 Å². The minimum Gasteiger partial charge on any atom is -0.192 e. The van der Waals surface area contributed by atoms with Gasteiger partial charge >= 0.3 is 10.1 Å². The molecule has 0 aliphatic heterocycles. The smallest absolute Gasteiger partial charge is 0.192 e. The van der Waals surface area contributed by atoms with Crippen LogP contribution in [0.15, 0.2) is 53.4 Å². The third-order valence-electron chi connectivity index (χ3n) is 3.56. The van der Waals surface area contributed by atoms with E-state index in [1.807, 2.05) is 13.0 Å². The topological polar surface area (TPSA) is 46.6 Å². The van der Waals surface area contributed by atoms with Gasteiger partial charge in [-0.25, -0.2) is 0 Å². The SMILES string of the molecule is Cc1ccc(S(=O)(=O)ON(C)CCCc2cccc(C)c2)cc1. The van der Waals surface area contributed by atoms with Gasteiger partial charge < -0.3 is 0 Å². The summed E-state index contributed by atoms with van der Waals surface area (Å²) in [6.07, 6.45) is 1.71. The summed E-state index contributed by atoms with van der Waals surface area (Å²) in [5, 5.41) is 1.38. The standard InChI is InChI=1S/C18H23NO3S/c1-15-9-11-18(12-10-15)23(20,21)22-19(3)13-5-8-17-7-4-6-16(2)14-17/h4,6-7,9-12,14H,5,8,13H2,1-3H3. The summed E-state index contributed by atoms with van der Waals surface area (Å²) in [6.45, 7) is 4.51. The maximum absolute atomic E-state index is 12.2. The Labute approximate surface area is 138 Å².